The highest BCUT2D eigenvalue weighted by molar-refractivity contribution is 5.94. The summed E-state index contributed by atoms with van der Waals surface area (Å²) in [6.45, 7) is 1.61. The molecule has 0 atom stereocenters. The molecule has 1 heterocycles. The van der Waals surface area contributed by atoms with Crippen molar-refractivity contribution in [1.82, 2.24) is 4.90 Å². The standard InChI is InChI=1S/C14H18F3N5O/c15-14(16,17)23-11-6-4-5-10(9-11)20-12(18)21-13(19)22-7-2-1-3-8-22/h4-6,9H,1-3,7-8H2,(H4,18,19,20,21). The lowest BCUT2D eigenvalue weighted by molar-refractivity contribution is -0.274. The van der Waals surface area contributed by atoms with Crippen LogP contribution in [0.4, 0.5) is 18.9 Å². The molecule has 0 radical (unpaired) electrons. The first-order valence-corrected chi connectivity index (χ1v) is 7.12. The van der Waals surface area contributed by atoms with E-state index in [0.717, 1.165) is 38.4 Å². The summed E-state index contributed by atoms with van der Waals surface area (Å²) in [7, 11) is 0. The minimum Gasteiger partial charge on any atom is -0.406 e. The molecular weight excluding hydrogens is 311 g/mol. The van der Waals surface area contributed by atoms with E-state index in [1.54, 1.807) is 0 Å². The molecule has 1 aliphatic rings. The van der Waals surface area contributed by atoms with Crippen LogP contribution in [-0.4, -0.2) is 36.3 Å². The largest absolute Gasteiger partial charge is 0.573 e. The second-order valence-electron chi connectivity index (χ2n) is 5.03. The van der Waals surface area contributed by atoms with Crippen molar-refractivity contribution < 1.29 is 17.9 Å². The summed E-state index contributed by atoms with van der Waals surface area (Å²) in [6, 6.07) is 5.16. The van der Waals surface area contributed by atoms with Crippen LogP contribution in [0.3, 0.4) is 0 Å². The van der Waals surface area contributed by atoms with Gasteiger partial charge in [-0.15, -0.1) is 13.2 Å². The Morgan fingerprint density at radius 2 is 1.83 bits per heavy atom. The zero-order chi connectivity index (χ0) is 16.9. The maximum atomic E-state index is 12.2. The third-order valence-corrected chi connectivity index (χ3v) is 3.20. The zero-order valence-electron chi connectivity index (χ0n) is 12.4. The van der Waals surface area contributed by atoms with Gasteiger partial charge in [-0.05, 0) is 31.4 Å². The van der Waals surface area contributed by atoms with Crippen LogP contribution in [0.2, 0.25) is 0 Å². The van der Waals surface area contributed by atoms with Crippen molar-refractivity contribution in [1.29, 1.82) is 0 Å². The van der Waals surface area contributed by atoms with Gasteiger partial charge in [0.15, 0.2) is 5.96 Å². The van der Waals surface area contributed by atoms with Crippen molar-refractivity contribution in [2.24, 2.45) is 21.5 Å². The molecule has 0 aliphatic carbocycles. The lowest BCUT2D eigenvalue weighted by Crippen LogP contribution is -2.41. The summed E-state index contributed by atoms with van der Waals surface area (Å²) in [5, 5.41) is 0. The molecule has 4 N–H and O–H groups in total. The van der Waals surface area contributed by atoms with E-state index in [0.29, 0.717) is 0 Å². The van der Waals surface area contributed by atoms with Crippen LogP contribution in [0.1, 0.15) is 19.3 Å². The number of hydrogen-bond donors (Lipinski definition) is 2. The van der Waals surface area contributed by atoms with Gasteiger partial charge in [-0.1, -0.05) is 6.07 Å². The van der Waals surface area contributed by atoms with Gasteiger partial charge in [-0.3, -0.25) is 0 Å². The molecule has 0 unspecified atom stereocenters. The molecule has 1 fully saturated rings. The van der Waals surface area contributed by atoms with Crippen LogP contribution in [0, 0.1) is 0 Å². The van der Waals surface area contributed by atoms with Crippen molar-refractivity contribution in [3.05, 3.63) is 24.3 Å². The average molecular weight is 329 g/mol. The molecule has 1 saturated heterocycles. The van der Waals surface area contributed by atoms with E-state index in [4.69, 9.17) is 11.5 Å². The smallest absolute Gasteiger partial charge is 0.406 e. The maximum Gasteiger partial charge on any atom is 0.573 e. The highest BCUT2D eigenvalue weighted by atomic mass is 19.4. The van der Waals surface area contributed by atoms with Crippen molar-refractivity contribution in [3.8, 4) is 5.75 Å². The Labute approximate surface area is 131 Å². The number of nitrogens with two attached hydrogens (primary N) is 2. The summed E-state index contributed by atoms with van der Waals surface area (Å²) in [6.07, 6.45) is -1.54. The van der Waals surface area contributed by atoms with Crippen LogP contribution >= 0.6 is 0 Å². The minimum atomic E-state index is -4.76. The van der Waals surface area contributed by atoms with E-state index in [1.165, 1.54) is 18.2 Å². The first-order chi connectivity index (χ1) is 10.8. The van der Waals surface area contributed by atoms with E-state index in [-0.39, 0.29) is 23.4 Å². The second kappa shape index (κ2) is 7.21. The van der Waals surface area contributed by atoms with Gasteiger partial charge >= 0.3 is 6.36 Å². The van der Waals surface area contributed by atoms with Gasteiger partial charge < -0.3 is 21.1 Å². The maximum absolute atomic E-state index is 12.2. The third-order valence-electron chi connectivity index (χ3n) is 3.20. The molecule has 0 aromatic heterocycles. The van der Waals surface area contributed by atoms with E-state index >= 15 is 0 Å². The van der Waals surface area contributed by atoms with Gasteiger partial charge in [0.1, 0.15) is 5.75 Å². The number of alkyl halides is 3. The SMILES string of the molecule is NC(=Nc1cccc(OC(F)(F)F)c1)N=C(N)N1CCCCC1. The highest BCUT2D eigenvalue weighted by Gasteiger charge is 2.31. The lowest BCUT2D eigenvalue weighted by atomic mass is 10.1. The number of aliphatic imine (C=N–C) groups is 2. The normalized spacial score (nSPS) is 17.3. The van der Waals surface area contributed by atoms with Gasteiger partial charge in [-0.2, -0.15) is 4.99 Å². The van der Waals surface area contributed by atoms with Crippen molar-refractivity contribution in [2.75, 3.05) is 13.1 Å². The summed E-state index contributed by atoms with van der Waals surface area (Å²) in [4.78, 5) is 9.82. The van der Waals surface area contributed by atoms with Gasteiger partial charge in [0, 0.05) is 19.2 Å². The number of rotatable bonds is 2. The number of guanidine groups is 2. The fourth-order valence-corrected chi connectivity index (χ4v) is 2.22. The van der Waals surface area contributed by atoms with Crippen molar-refractivity contribution in [2.45, 2.75) is 25.6 Å². The monoisotopic (exact) mass is 329 g/mol. The number of nitrogens with zero attached hydrogens (tertiary/aromatic N) is 3. The molecule has 2 rings (SSSR count). The number of benzene rings is 1. The van der Waals surface area contributed by atoms with Crippen molar-refractivity contribution in [3.63, 3.8) is 0 Å². The van der Waals surface area contributed by atoms with Gasteiger partial charge in [0.25, 0.3) is 0 Å². The Bertz CT molecular complexity index is 594. The summed E-state index contributed by atoms with van der Waals surface area (Å²) < 4.78 is 40.4. The van der Waals surface area contributed by atoms with E-state index in [1.807, 2.05) is 4.90 Å². The number of hydrogen-bond acceptors (Lipinski definition) is 2. The molecule has 0 saturated carbocycles. The Kier molecular flexibility index (Phi) is 5.30. The van der Waals surface area contributed by atoms with Crippen LogP contribution in [0.5, 0.6) is 5.75 Å². The fourth-order valence-electron chi connectivity index (χ4n) is 2.22. The molecule has 1 aromatic carbocycles. The molecule has 126 valence electrons. The molecule has 9 heteroatoms. The molecule has 0 spiro atoms. The number of likely N-dealkylation sites (tertiary alicyclic amines) is 1. The highest BCUT2D eigenvalue weighted by Crippen LogP contribution is 2.26. The molecule has 0 amide bonds. The van der Waals surface area contributed by atoms with Crippen molar-refractivity contribution >= 4 is 17.6 Å². The number of piperidine rings is 1. The number of ether oxygens (including phenoxy) is 1. The summed E-state index contributed by atoms with van der Waals surface area (Å²) in [5.41, 5.74) is 11.7. The van der Waals surface area contributed by atoms with Gasteiger partial charge in [-0.25, -0.2) is 4.99 Å². The first-order valence-electron chi connectivity index (χ1n) is 7.12. The Morgan fingerprint density at radius 1 is 1.13 bits per heavy atom. The molecule has 0 bridgehead atoms. The second-order valence-corrected chi connectivity index (χ2v) is 5.03. The fraction of sp³-hybridized carbons (Fsp3) is 0.429. The van der Waals surface area contributed by atoms with Crippen LogP contribution < -0.4 is 16.2 Å². The molecule has 6 nitrogen and oxygen atoms in total. The van der Waals surface area contributed by atoms with E-state index < -0.39 is 6.36 Å². The van der Waals surface area contributed by atoms with E-state index in [2.05, 4.69) is 14.7 Å². The molecular formula is C14H18F3N5O. The molecule has 1 aromatic rings. The summed E-state index contributed by atoms with van der Waals surface area (Å²) in [5.74, 6) is -0.245. The Balaban J connectivity index is 2.09. The molecule has 1 aliphatic heterocycles. The summed E-state index contributed by atoms with van der Waals surface area (Å²) >= 11 is 0. The first kappa shape index (κ1) is 16.9. The van der Waals surface area contributed by atoms with Gasteiger partial charge in [0.05, 0.1) is 5.69 Å². The number of halogens is 3. The van der Waals surface area contributed by atoms with Crippen LogP contribution in [0.15, 0.2) is 34.3 Å². The zero-order valence-corrected chi connectivity index (χ0v) is 12.4. The predicted molar refractivity (Wildman–Crippen MR) is 81.5 cm³/mol. The van der Waals surface area contributed by atoms with Crippen LogP contribution in [0.25, 0.3) is 0 Å². The average Bonchev–Trinajstić information content (AvgIpc) is 2.46. The Hall–Kier alpha value is -2.45. The quantitative estimate of drug-likeness (QED) is 0.644. The molecule has 23 heavy (non-hydrogen) atoms. The lowest BCUT2D eigenvalue weighted by Gasteiger charge is -2.27. The van der Waals surface area contributed by atoms with Crippen LogP contribution in [-0.2, 0) is 0 Å². The predicted octanol–water partition coefficient (Wildman–Crippen LogP) is 2.33. The Morgan fingerprint density at radius 3 is 2.48 bits per heavy atom. The van der Waals surface area contributed by atoms with Gasteiger partial charge in [0.2, 0.25) is 5.96 Å². The minimum absolute atomic E-state index is 0.128. The third kappa shape index (κ3) is 5.68. The topological polar surface area (TPSA) is 89.2 Å². The van der Waals surface area contributed by atoms with E-state index in [9.17, 15) is 13.2 Å².